The Hall–Kier alpha value is -1.79. The number of hydrogen-bond donors (Lipinski definition) is 2. The second kappa shape index (κ2) is 9.24. The number of likely N-dealkylation sites (tertiary alicyclic amines) is 1. The number of hydrogen-bond acceptors (Lipinski definition) is 4. The van der Waals surface area contributed by atoms with Crippen LogP contribution < -0.4 is 15.8 Å². The van der Waals surface area contributed by atoms with E-state index in [1.54, 1.807) is 4.90 Å². The first kappa shape index (κ1) is 20.5. The first-order chi connectivity index (χ1) is 12.1. The molecule has 1 aromatic carbocycles. The molecule has 0 spiro atoms. The van der Waals surface area contributed by atoms with Gasteiger partial charge >= 0.3 is 0 Å². The van der Waals surface area contributed by atoms with E-state index in [-0.39, 0.29) is 30.1 Å². The number of carbonyl (C=O) groups is 2. The van der Waals surface area contributed by atoms with Crippen molar-refractivity contribution in [3.05, 3.63) is 29.3 Å². The monoisotopic (exact) mass is 381 g/mol. The van der Waals surface area contributed by atoms with Crippen LogP contribution in [-0.2, 0) is 16.0 Å². The van der Waals surface area contributed by atoms with Gasteiger partial charge in [0.1, 0.15) is 5.75 Å². The molecule has 2 amide bonds. The molecular formula is C19H28ClN3O3. The predicted octanol–water partition coefficient (Wildman–Crippen LogP) is 1.42. The van der Waals surface area contributed by atoms with E-state index in [1.165, 1.54) is 11.1 Å². The lowest BCUT2D eigenvalue weighted by Crippen LogP contribution is -2.50. The zero-order valence-corrected chi connectivity index (χ0v) is 16.0. The fraction of sp³-hybridized carbons (Fsp3) is 0.579. The Bertz CT molecular complexity index is 653. The quantitative estimate of drug-likeness (QED) is 0.826. The number of ether oxygens (including phenoxy) is 1. The average molecular weight is 382 g/mol. The van der Waals surface area contributed by atoms with Gasteiger partial charge in [0, 0.05) is 26.2 Å². The summed E-state index contributed by atoms with van der Waals surface area (Å²) in [7, 11) is 0. The van der Waals surface area contributed by atoms with Crippen LogP contribution in [0, 0.1) is 12.8 Å². The van der Waals surface area contributed by atoms with Gasteiger partial charge in [-0.1, -0.05) is 17.7 Å². The van der Waals surface area contributed by atoms with E-state index in [0.29, 0.717) is 32.6 Å². The van der Waals surface area contributed by atoms with E-state index in [0.717, 1.165) is 25.0 Å². The lowest BCUT2D eigenvalue weighted by Gasteiger charge is -2.35. The molecule has 0 saturated carbocycles. The van der Waals surface area contributed by atoms with Crippen LogP contribution in [0.15, 0.2) is 18.2 Å². The number of rotatable bonds is 4. The van der Waals surface area contributed by atoms with E-state index in [4.69, 9.17) is 10.5 Å². The fourth-order valence-corrected chi connectivity index (χ4v) is 3.63. The van der Waals surface area contributed by atoms with Crippen LogP contribution in [0.5, 0.6) is 5.75 Å². The number of fused-ring (bicyclic) bond motifs is 1. The molecule has 0 aliphatic carbocycles. The lowest BCUT2D eigenvalue weighted by molar-refractivity contribution is -0.142. The summed E-state index contributed by atoms with van der Waals surface area (Å²) in [5, 5.41) is 2.83. The molecule has 2 aliphatic heterocycles. The lowest BCUT2D eigenvalue weighted by atomic mass is 9.95. The predicted molar refractivity (Wildman–Crippen MR) is 103 cm³/mol. The summed E-state index contributed by atoms with van der Waals surface area (Å²) < 4.78 is 5.95. The molecule has 1 saturated heterocycles. The van der Waals surface area contributed by atoms with Gasteiger partial charge in [-0.2, -0.15) is 0 Å². The highest BCUT2D eigenvalue weighted by molar-refractivity contribution is 5.85. The van der Waals surface area contributed by atoms with Crippen molar-refractivity contribution in [2.75, 3.05) is 26.2 Å². The Morgan fingerprint density at radius 1 is 1.35 bits per heavy atom. The van der Waals surface area contributed by atoms with E-state index >= 15 is 0 Å². The van der Waals surface area contributed by atoms with Crippen LogP contribution in [-0.4, -0.2) is 49.0 Å². The molecule has 144 valence electrons. The van der Waals surface area contributed by atoms with E-state index in [2.05, 4.69) is 18.3 Å². The van der Waals surface area contributed by atoms with Crippen LogP contribution >= 0.6 is 12.4 Å². The van der Waals surface area contributed by atoms with Crippen molar-refractivity contribution < 1.29 is 14.3 Å². The summed E-state index contributed by atoms with van der Waals surface area (Å²) in [5.41, 5.74) is 7.80. The minimum Gasteiger partial charge on any atom is -0.480 e. The number of aryl methyl sites for hydroxylation is 2. The van der Waals surface area contributed by atoms with Gasteiger partial charge in [0.05, 0.1) is 5.92 Å². The molecule has 2 heterocycles. The maximum atomic E-state index is 12.9. The van der Waals surface area contributed by atoms with Gasteiger partial charge in [-0.25, -0.2) is 0 Å². The molecule has 7 heteroatoms. The molecular weight excluding hydrogens is 354 g/mol. The second-order valence-corrected chi connectivity index (χ2v) is 6.96. The number of carbonyl (C=O) groups excluding carboxylic acids is 2. The molecule has 2 atom stereocenters. The molecule has 2 unspecified atom stereocenters. The normalized spacial score (nSPS) is 21.8. The summed E-state index contributed by atoms with van der Waals surface area (Å²) in [6.07, 6.45) is 2.75. The minimum absolute atomic E-state index is 0. The van der Waals surface area contributed by atoms with Crippen LogP contribution in [0.1, 0.15) is 30.4 Å². The summed E-state index contributed by atoms with van der Waals surface area (Å²) >= 11 is 0. The van der Waals surface area contributed by atoms with Gasteiger partial charge < -0.3 is 20.7 Å². The third-order valence-corrected chi connectivity index (χ3v) is 4.98. The number of piperidine rings is 1. The van der Waals surface area contributed by atoms with E-state index in [9.17, 15) is 9.59 Å². The van der Waals surface area contributed by atoms with Crippen LogP contribution in [0.2, 0.25) is 0 Å². The zero-order valence-electron chi connectivity index (χ0n) is 15.2. The molecule has 0 bridgehead atoms. The minimum atomic E-state index is -0.443. The average Bonchev–Trinajstić information content (AvgIpc) is 2.65. The van der Waals surface area contributed by atoms with Crippen molar-refractivity contribution in [2.24, 2.45) is 11.7 Å². The highest BCUT2D eigenvalue weighted by atomic mass is 35.5. The zero-order chi connectivity index (χ0) is 17.8. The Kier molecular flexibility index (Phi) is 7.29. The molecule has 0 aromatic heterocycles. The Morgan fingerprint density at radius 3 is 2.92 bits per heavy atom. The third kappa shape index (κ3) is 4.68. The smallest absolute Gasteiger partial charge is 0.263 e. The number of nitrogens with zero attached hydrogens (tertiary/aromatic N) is 1. The fourth-order valence-electron chi connectivity index (χ4n) is 3.63. The highest BCUT2D eigenvalue weighted by Gasteiger charge is 2.34. The molecule has 6 nitrogen and oxygen atoms in total. The molecule has 2 aliphatic rings. The van der Waals surface area contributed by atoms with Crippen molar-refractivity contribution in [1.29, 1.82) is 0 Å². The summed E-state index contributed by atoms with van der Waals surface area (Å²) in [6.45, 7) is 4.12. The second-order valence-electron chi connectivity index (χ2n) is 6.96. The number of halogens is 1. The van der Waals surface area contributed by atoms with Crippen molar-refractivity contribution in [2.45, 2.75) is 38.7 Å². The van der Waals surface area contributed by atoms with Crippen LogP contribution in [0.3, 0.4) is 0 Å². The van der Waals surface area contributed by atoms with Gasteiger partial charge in [-0.3, -0.25) is 9.59 Å². The number of nitrogens with one attached hydrogen (secondary N) is 1. The van der Waals surface area contributed by atoms with Crippen LogP contribution in [0.4, 0.5) is 0 Å². The molecule has 1 fully saturated rings. The molecule has 1 aromatic rings. The summed E-state index contributed by atoms with van der Waals surface area (Å²) in [5.74, 6) is 0.656. The van der Waals surface area contributed by atoms with E-state index in [1.807, 2.05) is 12.1 Å². The van der Waals surface area contributed by atoms with E-state index < -0.39 is 6.10 Å². The Morgan fingerprint density at radius 2 is 2.15 bits per heavy atom. The third-order valence-electron chi connectivity index (χ3n) is 4.98. The van der Waals surface area contributed by atoms with Crippen molar-refractivity contribution in [1.82, 2.24) is 10.2 Å². The molecule has 0 radical (unpaired) electrons. The number of nitrogens with two attached hydrogens (primary N) is 1. The highest BCUT2D eigenvalue weighted by Crippen LogP contribution is 2.29. The maximum Gasteiger partial charge on any atom is 0.263 e. The summed E-state index contributed by atoms with van der Waals surface area (Å²) in [4.78, 5) is 26.8. The Labute approximate surface area is 160 Å². The van der Waals surface area contributed by atoms with Gasteiger partial charge in [-0.15, -0.1) is 12.4 Å². The van der Waals surface area contributed by atoms with Gasteiger partial charge in [0.15, 0.2) is 6.10 Å². The van der Waals surface area contributed by atoms with Crippen molar-refractivity contribution >= 4 is 24.2 Å². The maximum absolute atomic E-state index is 12.9. The standard InChI is InChI=1S/C19H27N3O3.ClH/c1-13-4-6-16-14(11-13)5-7-17(25-16)19(24)22-10-2-3-15(12-22)18(23)21-9-8-20;/h4,6,11,15,17H,2-3,5,7-10,12,20H2,1H3,(H,21,23);1H. The summed E-state index contributed by atoms with van der Waals surface area (Å²) in [6, 6.07) is 6.07. The van der Waals surface area contributed by atoms with Crippen molar-refractivity contribution in [3.63, 3.8) is 0 Å². The molecule has 3 rings (SSSR count). The number of benzene rings is 1. The first-order valence-electron chi connectivity index (χ1n) is 9.11. The number of amides is 2. The topological polar surface area (TPSA) is 84.7 Å². The Balaban J connectivity index is 0.00000243. The van der Waals surface area contributed by atoms with Crippen LogP contribution in [0.25, 0.3) is 0 Å². The molecule has 3 N–H and O–H groups in total. The SMILES string of the molecule is Cc1ccc2c(c1)CCC(C(=O)N1CCCC(C(=O)NCCN)C1)O2.Cl. The van der Waals surface area contributed by atoms with Gasteiger partial charge in [-0.05, 0) is 44.2 Å². The molecule has 26 heavy (non-hydrogen) atoms. The van der Waals surface area contributed by atoms with Gasteiger partial charge in [0.2, 0.25) is 5.91 Å². The first-order valence-corrected chi connectivity index (χ1v) is 9.11. The largest absolute Gasteiger partial charge is 0.480 e. The van der Waals surface area contributed by atoms with Gasteiger partial charge in [0.25, 0.3) is 5.91 Å². The van der Waals surface area contributed by atoms with Crippen molar-refractivity contribution in [3.8, 4) is 5.75 Å².